The summed E-state index contributed by atoms with van der Waals surface area (Å²) in [4.78, 5) is 25.6. The molecule has 2 aliphatic rings. The van der Waals surface area contributed by atoms with Crippen LogP contribution in [0.25, 0.3) is 0 Å². The highest BCUT2D eigenvalue weighted by atomic mass is 35.5. The van der Waals surface area contributed by atoms with Crippen LogP contribution < -0.4 is 11.1 Å². The number of primary amides is 1. The van der Waals surface area contributed by atoms with Gasteiger partial charge in [-0.05, 0) is 66.7 Å². The number of benzene rings is 2. The zero-order valence-corrected chi connectivity index (χ0v) is 20.7. The van der Waals surface area contributed by atoms with Crippen LogP contribution >= 0.6 is 21.8 Å². The molecular formula is C26H29ClFN3O2S. The Bertz CT molecular complexity index is 1140. The molecule has 3 unspecified atom stereocenters. The van der Waals surface area contributed by atoms with Crippen molar-refractivity contribution >= 4 is 39.3 Å². The molecule has 3 atom stereocenters. The summed E-state index contributed by atoms with van der Waals surface area (Å²) in [6.45, 7) is 2.46. The van der Waals surface area contributed by atoms with Crippen LogP contribution in [0.1, 0.15) is 48.5 Å². The quantitative estimate of drug-likeness (QED) is 0.533. The number of carbonyl (C=O) groups is 2. The van der Waals surface area contributed by atoms with Crippen LogP contribution in [0, 0.1) is 11.7 Å². The molecule has 0 spiro atoms. The first-order valence-electron chi connectivity index (χ1n) is 11.5. The maximum Gasteiger partial charge on any atom is 0.251 e. The van der Waals surface area contributed by atoms with E-state index in [1.165, 1.54) is 6.07 Å². The van der Waals surface area contributed by atoms with Crippen LogP contribution in [0.3, 0.4) is 0 Å². The number of halogens is 2. The van der Waals surface area contributed by atoms with Gasteiger partial charge in [-0.2, -0.15) is 0 Å². The fraction of sp³-hybridized carbons (Fsp3) is 0.346. The smallest absolute Gasteiger partial charge is 0.251 e. The first kappa shape index (κ1) is 24.5. The third-order valence-electron chi connectivity index (χ3n) is 6.90. The number of nitrogens with two attached hydrogens (primary N) is 1. The van der Waals surface area contributed by atoms with E-state index in [2.05, 4.69) is 5.32 Å². The first-order valence-corrected chi connectivity index (χ1v) is 13.7. The van der Waals surface area contributed by atoms with Crippen LogP contribution in [-0.2, 0) is 4.79 Å². The van der Waals surface area contributed by atoms with E-state index >= 15 is 0 Å². The monoisotopic (exact) mass is 501 g/mol. The van der Waals surface area contributed by atoms with Crippen molar-refractivity contribution in [3.63, 3.8) is 0 Å². The number of nitrogens with one attached hydrogen (secondary N) is 1. The van der Waals surface area contributed by atoms with E-state index in [0.29, 0.717) is 36.4 Å². The minimum atomic E-state index is -2.02. The van der Waals surface area contributed by atoms with Crippen LogP contribution in [0.5, 0.6) is 0 Å². The van der Waals surface area contributed by atoms with Gasteiger partial charge in [0.1, 0.15) is 10.6 Å². The van der Waals surface area contributed by atoms with Gasteiger partial charge in [-0.25, -0.2) is 8.79 Å². The summed E-state index contributed by atoms with van der Waals surface area (Å²) in [5.74, 6) is -0.248. The van der Waals surface area contributed by atoms with Crippen LogP contribution in [0.15, 0.2) is 64.4 Å². The average Bonchev–Trinajstić information content (AvgIpc) is 3.28. The summed E-state index contributed by atoms with van der Waals surface area (Å²) in [6.07, 6.45) is 4.65. The zero-order chi connectivity index (χ0) is 24.3. The second-order valence-corrected chi connectivity index (χ2v) is 12.5. The Balaban J connectivity index is 1.61. The predicted octanol–water partition coefficient (Wildman–Crippen LogP) is 5.38. The molecule has 0 bridgehead atoms. The van der Waals surface area contributed by atoms with Crippen LogP contribution in [0.4, 0.5) is 4.39 Å². The van der Waals surface area contributed by atoms with Crippen molar-refractivity contribution in [3.05, 3.63) is 82.0 Å². The van der Waals surface area contributed by atoms with E-state index in [1.54, 1.807) is 30.3 Å². The Hall–Kier alpha value is -2.64. The van der Waals surface area contributed by atoms with Gasteiger partial charge >= 0.3 is 0 Å². The highest BCUT2D eigenvalue weighted by Gasteiger charge is 2.53. The molecule has 0 radical (unpaired) electrons. The standard InChI is InChI=1S/C26H29ClFN3O2S/c1-2-34(15-13-22(31-34)23-20(27)11-6-12-21(23)28)26(25(29)33)14-7-8-18(16-26)17-30-24(32)19-9-4-3-5-10-19/h3-6,9-13,15,18H,2,7-8,14,16-17H2,1H3,(H2,29,33)(H,30,32). The maximum absolute atomic E-state index is 14.6. The Morgan fingerprint density at radius 1 is 1.24 bits per heavy atom. The molecule has 5 nitrogen and oxygen atoms in total. The third kappa shape index (κ3) is 4.39. The molecule has 1 aliphatic carbocycles. The summed E-state index contributed by atoms with van der Waals surface area (Å²) < 4.78 is 18.8. The Kier molecular flexibility index (Phi) is 7.14. The van der Waals surface area contributed by atoms with Gasteiger partial charge < -0.3 is 11.1 Å². The van der Waals surface area contributed by atoms with E-state index in [1.807, 2.05) is 30.5 Å². The number of allylic oxidation sites excluding steroid dienone is 1. The fourth-order valence-electron chi connectivity index (χ4n) is 5.11. The number of hydrogen-bond donors (Lipinski definition) is 2. The van der Waals surface area contributed by atoms with Crippen LogP contribution in [-0.4, -0.2) is 34.6 Å². The molecule has 1 fully saturated rings. The molecule has 34 heavy (non-hydrogen) atoms. The molecule has 1 heterocycles. The molecule has 2 amide bonds. The lowest BCUT2D eigenvalue weighted by atomic mass is 9.80. The number of rotatable bonds is 7. The van der Waals surface area contributed by atoms with Gasteiger partial charge in [-0.1, -0.05) is 49.2 Å². The summed E-state index contributed by atoms with van der Waals surface area (Å²) >= 11 is 6.30. The zero-order valence-electron chi connectivity index (χ0n) is 19.1. The lowest BCUT2D eigenvalue weighted by molar-refractivity contribution is -0.121. The van der Waals surface area contributed by atoms with Gasteiger partial charge in [0.05, 0.1) is 16.3 Å². The van der Waals surface area contributed by atoms with Crippen LogP contribution in [0.2, 0.25) is 5.02 Å². The lowest BCUT2D eigenvalue weighted by Crippen LogP contribution is -2.51. The highest BCUT2D eigenvalue weighted by Crippen LogP contribution is 2.68. The van der Waals surface area contributed by atoms with Crippen molar-refractivity contribution in [1.29, 1.82) is 0 Å². The minimum absolute atomic E-state index is 0.0922. The summed E-state index contributed by atoms with van der Waals surface area (Å²) in [6, 6.07) is 13.6. The van der Waals surface area contributed by atoms with Crippen molar-refractivity contribution in [2.75, 3.05) is 12.3 Å². The van der Waals surface area contributed by atoms with Crippen molar-refractivity contribution in [2.45, 2.75) is 37.4 Å². The van der Waals surface area contributed by atoms with Crippen molar-refractivity contribution in [1.82, 2.24) is 5.32 Å². The number of nitrogens with zero attached hydrogens (tertiary/aromatic N) is 1. The molecule has 3 N–H and O–H groups in total. The topological polar surface area (TPSA) is 84.5 Å². The van der Waals surface area contributed by atoms with Crippen molar-refractivity contribution in [3.8, 4) is 0 Å². The van der Waals surface area contributed by atoms with Gasteiger partial charge in [0.2, 0.25) is 5.91 Å². The largest absolute Gasteiger partial charge is 0.368 e. The number of carbonyl (C=O) groups excluding carboxylic acids is 2. The summed E-state index contributed by atoms with van der Waals surface area (Å²) in [5, 5.41) is 5.27. The summed E-state index contributed by atoms with van der Waals surface area (Å²) in [7, 11) is -2.02. The molecule has 2 aromatic rings. The van der Waals surface area contributed by atoms with E-state index in [9.17, 15) is 14.0 Å². The normalized spacial score (nSPS) is 28.1. The maximum atomic E-state index is 14.6. The molecule has 180 valence electrons. The second-order valence-electron chi connectivity index (χ2n) is 8.82. The van der Waals surface area contributed by atoms with Gasteiger partial charge in [0.25, 0.3) is 5.91 Å². The van der Waals surface area contributed by atoms with E-state index in [4.69, 9.17) is 21.7 Å². The molecule has 8 heteroatoms. The predicted molar refractivity (Wildman–Crippen MR) is 138 cm³/mol. The highest BCUT2D eigenvalue weighted by molar-refractivity contribution is 8.36. The minimum Gasteiger partial charge on any atom is -0.368 e. The van der Waals surface area contributed by atoms with Crippen molar-refractivity contribution < 1.29 is 14.0 Å². The van der Waals surface area contributed by atoms with Gasteiger partial charge in [-0.3, -0.25) is 9.59 Å². The first-order chi connectivity index (χ1) is 16.3. The second kappa shape index (κ2) is 9.92. The van der Waals surface area contributed by atoms with Gasteiger partial charge in [0.15, 0.2) is 0 Å². The van der Waals surface area contributed by atoms with Gasteiger partial charge in [0, 0.05) is 12.1 Å². The lowest BCUT2D eigenvalue weighted by Gasteiger charge is -2.51. The number of amides is 2. The Morgan fingerprint density at radius 2 is 2.00 bits per heavy atom. The molecule has 0 saturated heterocycles. The summed E-state index contributed by atoms with van der Waals surface area (Å²) in [5.41, 5.74) is 7.40. The van der Waals surface area contributed by atoms with E-state index in [0.717, 1.165) is 12.8 Å². The van der Waals surface area contributed by atoms with Gasteiger partial charge in [-0.15, -0.1) is 10.2 Å². The average molecular weight is 502 g/mol. The fourth-order valence-corrected chi connectivity index (χ4v) is 8.97. The molecule has 0 aromatic heterocycles. The molecule has 4 rings (SSSR count). The Labute approximate surface area is 206 Å². The third-order valence-corrected chi connectivity index (χ3v) is 11.1. The molecule has 2 aromatic carbocycles. The number of hydrogen-bond acceptors (Lipinski definition) is 3. The molecule has 1 aliphatic heterocycles. The van der Waals surface area contributed by atoms with E-state index < -0.39 is 20.8 Å². The van der Waals surface area contributed by atoms with Crippen molar-refractivity contribution in [2.24, 2.45) is 16.0 Å². The Morgan fingerprint density at radius 3 is 2.68 bits per heavy atom. The van der Waals surface area contributed by atoms with E-state index in [-0.39, 0.29) is 28.3 Å². The SMILES string of the molecule is CCS1(C2(C(N)=O)CCCC(CNC(=O)c3ccccc3)C2)C=CC(c2c(F)cccc2Cl)=N1. The molecular weight excluding hydrogens is 473 g/mol. The molecule has 1 saturated carbocycles.